The maximum atomic E-state index is 12.4. The minimum absolute atomic E-state index is 0.0255. The summed E-state index contributed by atoms with van der Waals surface area (Å²) in [6, 6.07) is 13.1. The van der Waals surface area contributed by atoms with E-state index in [9.17, 15) is 9.90 Å². The molecule has 2 aromatic rings. The Balaban J connectivity index is 1.98. The van der Waals surface area contributed by atoms with Crippen molar-refractivity contribution in [1.82, 2.24) is 0 Å². The van der Waals surface area contributed by atoms with Crippen molar-refractivity contribution in [1.29, 1.82) is 0 Å². The standard InChI is InChI=1S/C19H20ClNO2S/c1-19(2,3)13-6-4-12(5-7-13)18-21(17(23)11-24-18)15-10-14(20)8-9-16(15)22/h4-10,18,22H,11H2,1-3H3/t18-/m1/s1. The van der Waals surface area contributed by atoms with Gasteiger partial charge in [0, 0.05) is 5.02 Å². The fourth-order valence-electron chi connectivity index (χ4n) is 2.77. The predicted molar refractivity (Wildman–Crippen MR) is 101 cm³/mol. The van der Waals surface area contributed by atoms with E-state index in [-0.39, 0.29) is 22.4 Å². The molecular formula is C19H20ClNO2S. The minimum Gasteiger partial charge on any atom is -0.506 e. The number of benzene rings is 2. The van der Waals surface area contributed by atoms with Crippen LogP contribution in [-0.4, -0.2) is 16.8 Å². The molecule has 2 aromatic carbocycles. The highest BCUT2D eigenvalue weighted by atomic mass is 35.5. The number of nitrogens with zero attached hydrogens (tertiary/aromatic N) is 1. The van der Waals surface area contributed by atoms with Crippen molar-refractivity contribution >= 4 is 35.0 Å². The molecule has 0 unspecified atom stereocenters. The van der Waals surface area contributed by atoms with Crippen molar-refractivity contribution in [3.63, 3.8) is 0 Å². The topological polar surface area (TPSA) is 40.5 Å². The third kappa shape index (κ3) is 3.26. The van der Waals surface area contributed by atoms with Gasteiger partial charge in [0.15, 0.2) is 0 Å². The molecule has 0 radical (unpaired) electrons. The average Bonchev–Trinajstić information content (AvgIpc) is 2.90. The van der Waals surface area contributed by atoms with Crippen LogP contribution in [0.4, 0.5) is 5.69 Å². The lowest BCUT2D eigenvalue weighted by atomic mass is 9.86. The second-order valence-corrected chi connectivity index (χ2v) is 8.44. The lowest BCUT2D eigenvalue weighted by Gasteiger charge is -2.26. The van der Waals surface area contributed by atoms with Gasteiger partial charge in [-0.1, -0.05) is 56.6 Å². The number of carbonyl (C=O) groups excluding carboxylic acids is 1. The van der Waals surface area contributed by atoms with Crippen molar-refractivity contribution in [3.8, 4) is 5.75 Å². The zero-order valence-electron chi connectivity index (χ0n) is 13.9. The summed E-state index contributed by atoms with van der Waals surface area (Å²) in [6.07, 6.45) is 0. The van der Waals surface area contributed by atoms with E-state index in [1.54, 1.807) is 28.8 Å². The number of aromatic hydroxyl groups is 1. The number of carbonyl (C=O) groups is 1. The first-order chi connectivity index (χ1) is 11.3. The Bertz CT molecular complexity index is 768. The first-order valence-corrected chi connectivity index (χ1v) is 9.22. The average molecular weight is 362 g/mol. The lowest BCUT2D eigenvalue weighted by Crippen LogP contribution is -2.28. The van der Waals surface area contributed by atoms with Crippen LogP contribution in [0.2, 0.25) is 5.02 Å². The number of halogens is 1. The molecule has 1 atom stereocenters. The maximum absolute atomic E-state index is 12.4. The molecule has 1 aliphatic rings. The summed E-state index contributed by atoms with van der Waals surface area (Å²) in [6.45, 7) is 6.52. The number of thioether (sulfide) groups is 1. The molecule has 1 N–H and O–H groups in total. The van der Waals surface area contributed by atoms with Gasteiger partial charge in [-0.25, -0.2) is 0 Å². The van der Waals surface area contributed by atoms with Gasteiger partial charge in [-0.3, -0.25) is 9.69 Å². The third-order valence-electron chi connectivity index (χ3n) is 4.13. The Hall–Kier alpha value is -1.65. The van der Waals surface area contributed by atoms with Crippen LogP contribution in [-0.2, 0) is 10.2 Å². The summed E-state index contributed by atoms with van der Waals surface area (Å²) in [4.78, 5) is 14.0. The number of hydrogen-bond donors (Lipinski definition) is 1. The Kier molecular flexibility index (Phi) is 4.54. The lowest BCUT2D eigenvalue weighted by molar-refractivity contribution is -0.115. The Morgan fingerprint density at radius 1 is 1.17 bits per heavy atom. The van der Waals surface area contributed by atoms with Crippen LogP contribution in [0.25, 0.3) is 0 Å². The van der Waals surface area contributed by atoms with Crippen LogP contribution in [0, 0.1) is 0 Å². The molecule has 1 saturated heterocycles. The van der Waals surface area contributed by atoms with Crippen molar-refractivity contribution in [2.75, 3.05) is 10.7 Å². The van der Waals surface area contributed by atoms with Crippen LogP contribution in [0.3, 0.4) is 0 Å². The van der Waals surface area contributed by atoms with Gasteiger partial charge in [0.25, 0.3) is 0 Å². The molecule has 1 heterocycles. The van der Waals surface area contributed by atoms with Gasteiger partial charge in [-0.2, -0.15) is 0 Å². The predicted octanol–water partition coefficient (Wildman–Crippen LogP) is 5.12. The van der Waals surface area contributed by atoms with Gasteiger partial charge in [0.05, 0.1) is 11.4 Å². The molecule has 1 aliphatic heterocycles. The molecule has 126 valence electrons. The van der Waals surface area contributed by atoms with E-state index in [1.165, 1.54) is 11.6 Å². The molecule has 24 heavy (non-hydrogen) atoms. The maximum Gasteiger partial charge on any atom is 0.238 e. The third-order valence-corrected chi connectivity index (χ3v) is 5.57. The molecule has 1 fully saturated rings. The normalized spacial score (nSPS) is 18.2. The highest BCUT2D eigenvalue weighted by Crippen LogP contribution is 2.45. The Labute approximate surface area is 151 Å². The van der Waals surface area contributed by atoms with Crippen molar-refractivity contribution in [2.24, 2.45) is 0 Å². The zero-order chi connectivity index (χ0) is 17.5. The fourth-order valence-corrected chi connectivity index (χ4v) is 4.10. The summed E-state index contributed by atoms with van der Waals surface area (Å²) in [5.74, 6) is 0.423. The van der Waals surface area contributed by atoms with E-state index < -0.39 is 0 Å². The quantitative estimate of drug-likeness (QED) is 0.806. The number of hydrogen-bond acceptors (Lipinski definition) is 3. The minimum atomic E-state index is -0.157. The second-order valence-electron chi connectivity index (χ2n) is 6.93. The Morgan fingerprint density at radius 2 is 1.83 bits per heavy atom. The number of phenols is 1. The van der Waals surface area contributed by atoms with Crippen LogP contribution < -0.4 is 4.90 Å². The summed E-state index contributed by atoms with van der Waals surface area (Å²) in [7, 11) is 0. The van der Waals surface area contributed by atoms with Gasteiger partial charge >= 0.3 is 0 Å². The SMILES string of the molecule is CC(C)(C)c1ccc([C@H]2SCC(=O)N2c2cc(Cl)ccc2O)cc1. The molecule has 3 nitrogen and oxygen atoms in total. The van der Waals surface area contributed by atoms with Crippen molar-refractivity contribution < 1.29 is 9.90 Å². The van der Waals surface area contributed by atoms with Gasteiger partial charge in [-0.05, 0) is 34.7 Å². The summed E-state index contributed by atoms with van der Waals surface area (Å²) in [5, 5.41) is 10.5. The zero-order valence-corrected chi connectivity index (χ0v) is 15.5. The first kappa shape index (κ1) is 17.2. The highest BCUT2D eigenvalue weighted by Gasteiger charge is 2.35. The molecule has 0 aliphatic carbocycles. The highest BCUT2D eigenvalue weighted by molar-refractivity contribution is 8.00. The van der Waals surface area contributed by atoms with E-state index in [0.717, 1.165) is 5.56 Å². The van der Waals surface area contributed by atoms with Gasteiger partial charge in [-0.15, -0.1) is 11.8 Å². The monoisotopic (exact) mass is 361 g/mol. The number of amides is 1. The number of anilines is 1. The fraction of sp³-hybridized carbons (Fsp3) is 0.316. The van der Waals surface area contributed by atoms with E-state index in [1.807, 2.05) is 0 Å². The van der Waals surface area contributed by atoms with E-state index in [0.29, 0.717) is 16.5 Å². The molecular weight excluding hydrogens is 342 g/mol. The number of phenolic OH excluding ortho intramolecular Hbond substituents is 1. The molecule has 0 spiro atoms. The van der Waals surface area contributed by atoms with Crippen LogP contribution >= 0.6 is 23.4 Å². The van der Waals surface area contributed by atoms with Gasteiger partial charge in [0.1, 0.15) is 11.1 Å². The second kappa shape index (κ2) is 6.34. The van der Waals surface area contributed by atoms with Crippen LogP contribution in [0.1, 0.15) is 37.3 Å². The molecule has 5 heteroatoms. The van der Waals surface area contributed by atoms with E-state index >= 15 is 0 Å². The van der Waals surface area contributed by atoms with E-state index in [4.69, 9.17) is 11.6 Å². The first-order valence-electron chi connectivity index (χ1n) is 7.80. The van der Waals surface area contributed by atoms with Crippen LogP contribution in [0.5, 0.6) is 5.75 Å². The van der Waals surface area contributed by atoms with Gasteiger partial charge in [0.2, 0.25) is 5.91 Å². The summed E-state index contributed by atoms with van der Waals surface area (Å²) >= 11 is 7.61. The molecule has 1 amide bonds. The van der Waals surface area contributed by atoms with Gasteiger partial charge < -0.3 is 5.11 Å². The summed E-state index contributed by atoms with van der Waals surface area (Å²) < 4.78 is 0. The molecule has 0 saturated carbocycles. The molecule has 3 rings (SSSR count). The summed E-state index contributed by atoms with van der Waals surface area (Å²) in [5.41, 5.74) is 2.83. The largest absolute Gasteiger partial charge is 0.506 e. The van der Waals surface area contributed by atoms with E-state index in [2.05, 4.69) is 45.0 Å². The molecule has 0 bridgehead atoms. The van der Waals surface area contributed by atoms with Crippen molar-refractivity contribution in [3.05, 3.63) is 58.6 Å². The smallest absolute Gasteiger partial charge is 0.238 e. The number of rotatable bonds is 2. The Morgan fingerprint density at radius 3 is 2.46 bits per heavy atom. The van der Waals surface area contributed by atoms with Crippen LogP contribution in [0.15, 0.2) is 42.5 Å². The molecule has 0 aromatic heterocycles. The van der Waals surface area contributed by atoms with Crippen molar-refractivity contribution in [2.45, 2.75) is 31.6 Å².